The molecule has 2 unspecified atom stereocenters. The number of fused-ring (bicyclic) bond motifs is 2. The van der Waals surface area contributed by atoms with E-state index in [0.717, 1.165) is 5.82 Å². The predicted octanol–water partition coefficient (Wildman–Crippen LogP) is 0.148. The maximum absolute atomic E-state index is 11.9. The summed E-state index contributed by atoms with van der Waals surface area (Å²) < 4.78 is 0. The molecule has 0 aromatic heterocycles. The average Bonchev–Trinajstić information content (AvgIpc) is 2.96. The number of hydrogen-bond acceptors (Lipinski definition) is 7. The highest BCUT2D eigenvalue weighted by Gasteiger charge is 2.51. The molecule has 4 rings (SSSR count). The van der Waals surface area contributed by atoms with E-state index in [1.54, 1.807) is 6.20 Å². The van der Waals surface area contributed by atoms with Crippen LogP contribution in [-0.2, 0) is 9.59 Å². The average molecular weight is 461 g/mol. The van der Waals surface area contributed by atoms with Crippen molar-refractivity contribution in [3.05, 3.63) is 47.8 Å². The number of carbonyl (C=O) groups excluding carboxylic acids is 1. The van der Waals surface area contributed by atoms with E-state index in [0.29, 0.717) is 17.9 Å². The van der Waals surface area contributed by atoms with Gasteiger partial charge >= 0.3 is 5.97 Å². The van der Waals surface area contributed by atoms with Gasteiger partial charge in [0.1, 0.15) is 22.9 Å². The van der Waals surface area contributed by atoms with E-state index in [-0.39, 0.29) is 41.0 Å². The Morgan fingerprint density at radius 2 is 2.25 bits per heavy atom. The van der Waals surface area contributed by atoms with Crippen molar-refractivity contribution in [2.24, 2.45) is 5.73 Å². The number of rotatable bonds is 3. The van der Waals surface area contributed by atoms with Crippen molar-refractivity contribution in [1.82, 2.24) is 20.2 Å². The number of carbonyl (C=O) groups is 2. The monoisotopic (exact) mass is 461 g/mol. The Bertz CT molecular complexity index is 719. The third kappa shape index (κ3) is 2.48. The smallest absolute Gasteiger partial charge is 0.352 e. The molecule has 2 atom stereocenters. The number of β-lactam (4-membered cyclic amide) rings is 1. The van der Waals surface area contributed by atoms with Crippen LogP contribution in [0.2, 0.25) is 0 Å². The molecule has 0 aromatic carbocycles. The summed E-state index contributed by atoms with van der Waals surface area (Å²) in [5, 5.41) is 11.1. The Hall–Kier alpha value is -1.66. The van der Waals surface area contributed by atoms with E-state index in [4.69, 9.17) is 5.73 Å². The van der Waals surface area contributed by atoms with Gasteiger partial charge in [-0.3, -0.25) is 9.69 Å². The lowest BCUT2D eigenvalue weighted by Gasteiger charge is -2.48. The number of aliphatic carboxylic acids is 1. The zero-order valence-electron chi connectivity index (χ0n) is 12.5. The van der Waals surface area contributed by atoms with Gasteiger partial charge in [-0.2, -0.15) is 0 Å². The normalized spacial score (nSPS) is 27.1. The highest BCUT2D eigenvalue weighted by molar-refractivity contribution is 14.0. The Labute approximate surface area is 159 Å². The van der Waals surface area contributed by atoms with Gasteiger partial charge in [-0.15, -0.1) is 35.7 Å². The van der Waals surface area contributed by atoms with Crippen molar-refractivity contribution in [2.75, 3.05) is 12.3 Å². The Kier molecular flexibility index (Phi) is 4.53. The molecule has 128 valence electrons. The van der Waals surface area contributed by atoms with Crippen LogP contribution in [0.5, 0.6) is 0 Å². The van der Waals surface area contributed by atoms with Gasteiger partial charge in [0.2, 0.25) is 5.91 Å². The minimum absolute atomic E-state index is 0. The third-order valence-electron chi connectivity index (χ3n) is 4.14. The van der Waals surface area contributed by atoms with Gasteiger partial charge < -0.3 is 21.2 Å². The highest BCUT2D eigenvalue weighted by Crippen LogP contribution is 2.40. The molecule has 1 saturated heterocycles. The maximum Gasteiger partial charge on any atom is 0.352 e. The lowest BCUT2D eigenvalue weighted by atomic mass is 10.0. The maximum atomic E-state index is 11.9. The largest absolute Gasteiger partial charge is 0.477 e. The predicted molar refractivity (Wildman–Crippen MR) is 99.2 cm³/mol. The van der Waals surface area contributed by atoms with E-state index in [1.165, 1.54) is 16.7 Å². The molecule has 0 saturated carbocycles. The van der Waals surface area contributed by atoms with Gasteiger partial charge in [0.15, 0.2) is 0 Å². The molecular weight excluding hydrogens is 445 g/mol. The van der Waals surface area contributed by atoms with Gasteiger partial charge in [0.05, 0.1) is 0 Å². The summed E-state index contributed by atoms with van der Waals surface area (Å²) in [5.41, 5.74) is 9.60. The fourth-order valence-electron chi connectivity index (χ4n) is 3.02. The van der Waals surface area contributed by atoms with Crippen molar-refractivity contribution < 1.29 is 14.7 Å². The summed E-state index contributed by atoms with van der Waals surface area (Å²) in [4.78, 5) is 26.9. The molecule has 4 N–H and O–H groups in total. The molecule has 24 heavy (non-hydrogen) atoms. The van der Waals surface area contributed by atoms with Crippen molar-refractivity contribution >= 4 is 47.6 Å². The van der Waals surface area contributed by atoms with Crippen LogP contribution in [0.1, 0.15) is 0 Å². The first-order valence-corrected chi connectivity index (χ1v) is 8.15. The molecule has 0 bridgehead atoms. The number of nitrogens with one attached hydrogen (secondary N) is 1. The number of hydrazine groups is 1. The number of nitrogens with zero attached hydrogens (tertiary/aromatic N) is 3. The fraction of sp³-hybridized carbons (Fsp3) is 0.286. The number of hydrogen-bond donors (Lipinski definition) is 3. The summed E-state index contributed by atoms with van der Waals surface area (Å²) in [6, 6.07) is -0.603. The Balaban J connectivity index is 0.00000169. The fourth-order valence-corrected chi connectivity index (χ4v) is 4.30. The summed E-state index contributed by atoms with van der Waals surface area (Å²) in [6.45, 7) is 0.411. The van der Waals surface area contributed by atoms with Gasteiger partial charge in [-0.25, -0.2) is 9.80 Å². The number of allylic oxidation sites excluding steroid dienone is 2. The number of halogens is 1. The Morgan fingerprint density at radius 1 is 1.46 bits per heavy atom. The molecule has 8 nitrogen and oxygen atoms in total. The quantitative estimate of drug-likeness (QED) is 0.404. The van der Waals surface area contributed by atoms with E-state index >= 15 is 0 Å². The molecule has 10 heteroatoms. The topological polar surface area (TPSA) is 102 Å². The van der Waals surface area contributed by atoms with Crippen LogP contribution in [0.4, 0.5) is 0 Å². The van der Waals surface area contributed by atoms with Crippen molar-refractivity contribution in [2.45, 2.75) is 11.4 Å². The zero-order valence-corrected chi connectivity index (χ0v) is 15.6. The van der Waals surface area contributed by atoms with Crippen LogP contribution >= 0.6 is 35.7 Å². The third-order valence-corrected chi connectivity index (χ3v) is 5.50. The van der Waals surface area contributed by atoms with E-state index < -0.39 is 12.0 Å². The molecule has 0 aliphatic carbocycles. The number of thioether (sulfide) groups is 1. The molecule has 1 amide bonds. The van der Waals surface area contributed by atoms with Crippen LogP contribution < -0.4 is 11.2 Å². The highest BCUT2D eigenvalue weighted by atomic mass is 127. The number of carboxylic acid groups (broad SMARTS) is 1. The van der Waals surface area contributed by atoms with E-state index in [2.05, 4.69) is 5.43 Å². The van der Waals surface area contributed by atoms with Crippen LogP contribution in [-0.4, -0.2) is 55.5 Å². The van der Waals surface area contributed by atoms with Crippen LogP contribution in [0.25, 0.3) is 0 Å². The van der Waals surface area contributed by atoms with Crippen molar-refractivity contribution in [3.8, 4) is 0 Å². The number of nitrogens with two attached hydrogens (primary N) is 1. The van der Waals surface area contributed by atoms with Gasteiger partial charge in [0.25, 0.3) is 0 Å². The lowest BCUT2D eigenvalue weighted by molar-refractivity contribution is -0.148. The molecule has 0 radical (unpaired) electrons. The molecular formula is C14H16IN5O3S. The van der Waals surface area contributed by atoms with Crippen molar-refractivity contribution in [3.63, 3.8) is 0 Å². The zero-order chi connectivity index (χ0) is 16.1. The van der Waals surface area contributed by atoms with Gasteiger partial charge in [-0.1, -0.05) is 0 Å². The van der Waals surface area contributed by atoms with Crippen LogP contribution in [0.15, 0.2) is 47.8 Å². The summed E-state index contributed by atoms with van der Waals surface area (Å²) in [5.74, 6) is 0.0481. The number of amides is 1. The molecule has 4 aliphatic rings. The second kappa shape index (κ2) is 6.33. The second-order valence-corrected chi connectivity index (χ2v) is 6.61. The summed E-state index contributed by atoms with van der Waals surface area (Å²) in [7, 11) is 0. The van der Waals surface area contributed by atoms with E-state index in [9.17, 15) is 14.7 Å². The molecule has 0 spiro atoms. The Morgan fingerprint density at radius 3 is 3.00 bits per heavy atom. The molecule has 4 aliphatic heterocycles. The summed E-state index contributed by atoms with van der Waals surface area (Å²) in [6.07, 6.45) is 9.35. The molecule has 0 aromatic rings. The lowest BCUT2D eigenvalue weighted by Crippen LogP contribution is -2.68. The first kappa shape index (κ1) is 17.2. The first-order valence-electron chi connectivity index (χ1n) is 7.10. The minimum atomic E-state index is -1.08. The van der Waals surface area contributed by atoms with Gasteiger partial charge in [-0.05, 0) is 17.7 Å². The minimum Gasteiger partial charge on any atom is -0.477 e. The SMILES string of the molecule is I.NC1C(=O)N2C(C(=O)O)=C(CN3C=CN4NC=CC=C34)CSC12. The van der Waals surface area contributed by atoms with Crippen LogP contribution in [0.3, 0.4) is 0 Å². The molecule has 1 fully saturated rings. The standard InChI is InChI=1S/C14H15N5O3S.HI/c15-10-12(20)19-11(14(21)22)8(7-23-13(10)19)6-17-4-5-18-9(17)2-1-3-16-18;/h1-5,10,13,16H,6-7,15H2,(H,21,22);1H. The number of carboxylic acids is 1. The van der Waals surface area contributed by atoms with Gasteiger partial charge in [0, 0.05) is 30.9 Å². The second-order valence-electron chi connectivity index (χ2n) is 5.50. The summed E-state index contributed by atoms with van der Waals surface area (Å²) >= 11 is 1.51. The first-order chi connectivity index (χ1) is 11.1. The van der Waals surface area contributed by atoms with E-state index in [1.807, 2.05) is 34.5 Å². The van der Waals surface area contributed by atoms with Crippen LogP contribution in [0, 0.1) is 0 Å². The molecule has 4 heterocycles. The van der Waals surface area contributed by atoms with Crippen molar-refractivity contribution in [1.29, 1.82) is 0 Å².